The van der Waals surface area contributed by atoms with Crippen molar-refractivity contribution in [1.82, 2.24) is 0 Å². The Morgan fingerprint density at radius 1 is 1.05 bits per heavy atom. The summed E-state index contributed by atoms with van der Waals surface area (Å²) >= 11 is 4.51. The van der Waals surface area contributed by atoms with E-state index < -0.39 is 10.0 Å². The summed E-state index contributed by atoms with van der Waals surface area (Å²) in [5, 5.41) is 0. The van der Waals surface area contributed by atoms with Gasteiger partial charge in [-0.1, -0.05) is 12.1 Å². The maximum absolute atomic E-state index is 12.5. The first-order valence-corrected chi connectivity index (χ1v) is 10.3. The van der Waals surface area contributed by atoms with Crippen LogP contribution >= 0.6 is 27.3 Å². The third-order valence-corrected chi connectivity index (χ3v) is 7.14. The molecule has 3 rings (SSSR count). The Morgan fingerprint density at radius 2 is 1.77 bits per heavy atom. The number of hydrogen-bond donors (Lipinski definition) is 1. The highest BCUT2D eigenvalue weighted by Gasteiger charge is 2.20. The maximum Gasteiger partial charge on any atom is 0.271 e. The molecule has 7 heteroatoms. The van der Waals surface area contributed by atoms with Crippen LogP contribution < -0.4 is 9.62 Å². The van der Waals surface area contributed by atoms with E-state index in [4.69, 9.17) is 0 Å². The first-order valence-electron chi connectivity index (χ1n) is 7.18. The van der Waals surface area contributed by atoms with Crippen LogP contribution in [0.4, 0.5) is 11.4 Å². The number of rotatable bonds is 4. The molecule has 2 heterocycles. The summed E-state index contributed by atoms with van der Waals surface area (Å²) < 4.78 is 28.9. The number of halogens is 1. The van der Waals surface area contributed by atoms with E-state index in [1.807, 2.05) is 24.3 Å². The van der Waals surface area contributed by atoms with Gasteiger partial charge in [-0.15, -0.1) is 11.3 Å². The van der Waals surface area contributed by atoms with Crippen LogP contribution in [0.3, 0.4) is 0 Å². The molecule has 0 saturated carbocycles. The molecular weight excluding hydrogens is 384 g/mol. The zero-order valence-corrected chi connectivity index (χ0v) is 15.2. The third kappa shape index (κ3) is 3.47. The molecule has 1 aromatic heterocycles. The molecule has 0 unspecified atom stereocenters. The number of piperidine rings is 1. The minimum Gasteiger partial charge on any atom is -0.370 e. The molecule has 1 N–H and O–H groups in total. The molecule has 4 nitrogen and oxygen atoms in total. The predicted molar refractivity (Wildman–Crippen MR) is 95.3 cm³/mol. The molecule has 0 amide bonds. The second-order valence-electron chi connectivity index (χ2n) is 5.23. The van der Waals surface area contributed by atoms with Crippen LogP contribution in [0.15, 0.2) is 44.4 Å². The van der Waals surface area contributed by atoms with Gasteiger partial charge in [-0.2, -0.15) is 0 Å². The Kier molecular flexibility index (Phi) is 4.75. The number of benzene rings is 1. The van der Waals surface area contributed by atoms with Gasteiger partial charge in [-0.3, -0.25) is 4.72 Å². The summed E-state index contributed by atoms with van der Waals surface area (Å²) in [6.07, 6.45) is 3.55. The van der Waals surface area contributed by atoms with Gasteiger partial charge in [-0.05, 0) is 59.5 Å². The van der Waals surface area contributed by atoms with Crippen LogP contribution in [0.2, 0.25) is 0 Å². The molecule has 0 bridgehead atoms. The van der Waals surface area contributed by atoms with Gasteiger partial charge in [0.2, 0.25) is 0 Å². The molecule has 0 spiro atoms. The van der Waals surface area contributed by atoms with Gasteiger partial charge in [0.1, 0.15) is 4.21 Å². The van der Waals surface area contributed by atoms with E-state index in [-0.39, 0.29) is 0 Å². The fourth-order valence-electron chi connectivity index (χ4n) is 2.61. The van der Waals surface area contributed by atoms with Crippen molar-refractivity contribution >= 4 is 48.7 Å². The zero-order valence-electron chi connectivity index (χ0n) is 12.0. The van der Waals surface area contributed by atoms with Gasteiger partial charge < -0.3 is 4.90 Å². The minimum atomic E-state index is -3.54. The Hall–Kier alpha value is -1.05. The smallest absolute Gasteiger partial charge is 0.271 e. The van der Waals surface area contributed by atoms with Crippen molar-refractivity contribution in [3.63, 3.8) is 0 Å². The number of para-hydroxylation sites is 2. The number of anilines is 2. The Bertz CT molecular complexity index is 752. The lowest BCUT2D eigenvalue weighted by atomic mass is 10.1. The van der Waals surface area contributed by atoms with Gasteiger partial charge in [-0.25, -0.2) is 8.42 Å². The molecule has 1 aliphatic rings. The van der Waals surface area contributed by atoms with Gasteiger partial charge in [0, 0.05) is 13.1 Å². The first kappa shape index (κ1) is 15.8. The number of nitrogens with zero attached hydrogens (tertiary/aromatic N) is 1. The average Bonchev–Trinajstić information content (AvgIpc) is 2.96. The molecule has 0 atom stereocenters. The van der Waals surface area contributed by atoms with E-state index in [1.165, 1.54) is 17.8 Å². The summed E-state index contributed by atoms with van der Waals surface area (Å²) in [4.78, 5) is 2.26. The molecule has 1 aromatic carbocycles. The summed E-state index contributed by atoms with van der Waals surface area (Å²) in [5.41, 5.74) is 1.61. The average molecular weight is 401 g/mol. The van der Waals surface area contributed by atoms with Crippen molar-refractivity contribution in [1.29, 1.82) is 0 Å². The summed E-state index contributed by atoms with van der Waals surface area (Å²) in [7, 11) is -3.54. The van der Waals surface area contributed by atoms with Crippen molar-refractivity contribution in [3.8, 4) is 0 Å². The highest BCUT2D eigenvalue weighted by molar-refractivity contribution is 9.11. The Morgan fingerprint density at radius 3 is 2.45 bits per heavy atom. The second-order valence-corrected chi connectivity index (χ2v) is 9.60. The maximum atomic E-state index is 12.5. The molecule has 22 heavy (non-hydrogen) atoms. The van der Waals surface area contributed by atoms with E-state index >= 15 is 0 Å². The Labute approximate surface area is 143 Å². The van der Waals surface area contributed by atoms with E-state index in [9.17, 15) is 8.42 Å². The summed E-state index contributed by atoms with van der Waals surface area (Å²) in [6, 6.07) is 11.0. The lowest BCUT2D eigenvalue weighted by molar-refractivity contribution is 0.578. The van der Waals surface area contributed by atoms with E-state index in [0.717, 1.165) is 35.4 Å². The molecule has 118 valence electrons. The highest BCUT2D eigenvalue weighted by Crippen LogP contribution is 2.32. The highest BCUT2D eigenvalue weighted by atomic mass is 79.9. The van der Waals surface area contributed by atoms with Crippen LogP contribution in [0, 0.1) is 0 Å². The fraction of sp³-hybridized carbons (Fsp3) is 0.333. The number of hydrogen-bond acceptors (Lipinski definition) is 4. The molecule has 2 aromatic rings. The molecule has 1 fully saturated rings. The van der Waals surface area contributed by atoms with Gasteiger partial charge in [0.25, 0.3) is 10.0 Å². The van der Waals surface area contributed by atoms with Crippen LogP contribution in [0.25, 0.3) is 0 Å². The quantitative estimate of drug-likeness (QED) is 0.831. The fourth-order valence-corrected chi connectivity index (χ4v) is 5.69. The van der Waals surface area contributed by atoms with Crippen molar-refractivity contribution in [2.24, 2.45) is 0 Å². The van der Waals surface area contributed by atoms with Crippen LogP contribution in [-0.2, 0) is 10.0 Å². The number of sulfonamides is 1. The normalized spacial score (nSPS) is 15.8. The van der Waals surface area contributed by atoms with E-state index in [0.29, 0.717) is 9.90 Å². The SMILES string of the molecule is O=S(=O)(Nc1ccccc1N1CCCCC1)c1ccc(Br)s1. The first-order chi connectivity index (χ1) is 10.6. The van der Waals surface area contributed by atoms with Crippen molar-refractivity contribution in [2.75, 3.05) is 22.7 Å². The Balaban J connectivity index is 1.89. The summed E-state index contributed by atoms with van der Waals surface area (Å²) in [6.45, 7) is 1.95. The van der Waals surface area contributed by atoms with Crippen molar-refractivity contribution < 1.29 is 8.42 Å². The molecule has 1 aliphatic heterocycles. The predicted octanol–water partition coefficient (Wildman–Crippen LogP) is 4.30. The lowest BCUT2D eigenvalue weighted by Crippen LogP contribution is -2.30. The molecular formula is C15H17BrN2O2S2. The van der Waals surface area contributed by atoms with E-state index in [2.05, 4.69) is 25.6 Å². The van der Waals surface area contributed by atoms with Gasteiger partial charge in [0.15, 0.2) is 0 Å². The van der Waals surface area contributed by atoms with Crippen LogP contribution in [0.1, 0.15) is 19.3 Å². The third-order valence-electron chi connectivity index (χ3n) is 3.66. The lowest BCUT2D eigenvalue weighted by Gasteiger charge is -2.30. The molecule has 0 radical (unpaired) electrons. The monoisotopic (exact) mass is 400 g/mol. The van der Waals surface area contributed by atoms with Crippen LogP contribution in [-0.4, -0.2) is 21.5 Å². The van der Waals surface area contributed by atoms with Gasteiger partial charge >= 0.3 is 0 Å². The number of thiophene rings is 1. The van der Waals surface area contributed by atoms with E-state index in [1.54, 1.807) is 12.1 Å². The van der Waals surface area contributed by atoms with Crippen molar-refractivity contribution in [2.45, 2.75) is 23.5 Å². The zero-order chi connectivity index (χ0) is 15.6. The topological polar surface area (TPSA) is 49.4 Å². The summed E-state index contributed by atoms with van der Waals surface area (Å²) in [5.74, 6) is 0. The van der Waals surface area contributed by atoms with Gasteiger partial charge in [0.05, 0.1) is 15.2 Å². The minimum absolute atomic E-state index is 0.313. The largest absolute Gasteiger partial charge is 0.370 e. The standard InChI is InChI=1S/C15H17BrN2O2S2/c16-14-8-9-15(21-14)22(19,20)17-12-6-2-3-7-13(12)18-10-4-1-5-11-18/h2-3,6-9,17H,1,4-5,10-11H2. The van der Waals surface area contributed by atoms with Crippen LogP contribution in [0.5, 0.6) is 0 Å². The molecule has 0 aliphatic carbocycles. The van der Waals surface area contributed by atoms with Crippen molar-refractivity contribution in [3.05, 3.63) is 40.2 Å². The second kappa shape index (κ2) is 6.60. The number of nitrogens with one attached hydrogen (secondary N) is 1. The molecule has 1 saturated heterocycles.